The van der Waals surface area contributed by atoms with Crippen molar-refractivity contribution in [2.24, 2.45) is 4.99 Å². The Morgan fingerprint density at radius 2 is 2.03 bits per heavy atom. The van der Waals surface area contributed by atoms with Crippen LogP contribution >= 0.6 is 11.8 Å². The van der Waals surface area contributed by atoms with Gasteiger partial charge in [-0.3, -0.25) is 9.79 Å². The van der Waals surface area contributed by atoms with Gasteiger partial charge < -0.3 is 10.2 Å². The molecule has 2 aliphatic heterocycles. The fourth-order valence-electron chi connectivity index (χ4n) is 3.61. The third-order valence-electron chi connectivity index (χ3n) is 5.10. The first-order valence-electron chi connectivity index (χ1n) is 9.70. The van der Waals surface area contributed by atoms with Crippen LogP contribution in [0.1, 0.15) is 12.5 Å². The fourth-order valence-corrected chi connectivity index (χ4v) is 7.38. The number of hydrogen-bond donors (Lipinski definition) is 1. The minimum atomic E-state index is -3.10. The summed E-state index contributed by atoms with van der Waals surface area (Å²) in [4.78, 5) is 18.8. The number of carbonyl (C=O) groups excluding carboxylic acids is 1. The molecule has 0 bridgehead atoms. The second kappa shape index (κ2) is 8.39. The van der Waals surface area contributed by atoms with E-state index in [4.69, 9.17) is 0 Å². The van der Waals surface area contributed by atoms with Gasteiger partial charge in [-0.15, -0.1) is 0 Å². The number of benzene rings is 2. The number of nitrogens with zero attached hydrogens (tertiary/aromatic N) is 2. The van der Waals surface area contributed by atoms with Crippen LogP contribution in [-0.4, -0.2) is 48.8 Å². The van der Waals surface area contributed by atoms with Crippen LogP contribution in [0.5, 0.6) is 0 Å². The summed E-state index contributed by atoms with van der Waals surface area (Å²) in [6.45, 7) is 1.91. The molecule has 1 fully saturated rings. The molecule has 2 heterocycles. The maximum absolute atomic E-state index is 14.5. The van der Waals surface area contributed by atoms with E-state index in [1.54, 1.807) is 18.2 Å². The predicted molar refractivity (Wildman–Crippen MR) is 119 cm³/mol. The molecule has 2 aliphatic rings. The Kier molecular flexibility index (Phi) is 5.84. The molecule has 0 spiro atoms. The molecule has 9 heteroatoms. The van der Waals surface area contributed by atoms with Gasteiger partial charge in [-0.25, -0.2) is 12.8 Å². The lowest BCUT2D eigenvalue weighted by Crippen LogP contribution is -2.37. The molecule has 2 aromatic rings. The summed E-state index contributed by atoms with van der Waals surface area (Å²) in [6.07, 6.45) is 0.851. The molecule has 1 N–H and O–H groups in total. The zero-order chi connectivity index (χ0) is 21.3. The van der Waals surface area contributed by atoms with Crippen LogP contribution in [0, 0.1) is 5.82 Å². The lowest BCUT2D eigenvalue weighted by Gasteiger charge is -2.24. The Morgan fingerprint density at radius 3 is 2.77 bits per heavy atom. The SMILES string of the molecule is CCc1cccc(NC(=O)CN(C2=N[C@H]3CS(=O)(=O)C[C@H]3S2)c2ccccc2F)c1. The summed E-state index contributed by atoms with van der Waals surface area (Å²) >= 11 is 1.30. The van der Waals surface area contributed by atoms with Crippen molar-refractivity contribution in [3.63, 3.8) is 0 Å². The number of thioether (sulfide) groups is 1. The number of para-hydroxylation sites is 1. The normalized spacial score (nSPS) is 21.7. The molecule has 4 rings (SSSR count). The highest BCUT2D eigenvalue weighted by molar-refractivity contribution is 8.15. The van der Waals surface area contributed by atoms with E-state index in [1.165, 1.54) is 22.7 Å². The molecular weight excluding hydrogens is 425 g/mol. The zero-order valence-corrected chi connectivity index (χ0v) is 18.0. The molecule has 0 unspecified atom stereocenters. The number of anilines is 2. The van der Waals surface area contributed by atoms with Crippen molar-refractivity contribution in [3.8, 4) is 0 Å². The molecule has 2 atom stereocenters. The number of rotatable bonds is 5. The molecule has 0 saturated carbocycles. The quantitative estimate of drug-likeness (QED) is 0.762. The third kappa shape index (κ3) is 4.52. The van der Waals surface area contributed by atoms with Crippen LogP contribution in [0.4, 0.5) is 15.8 Å². The van der Waals surface area contributed by atoms with E-state index < -0.39 is 15.7 Å². The van der Waals surface area contributed by atoms with Gasteiger partial charge in [-0.2, -0.15) is 0 Å². The van der Waals surface area contributed by atoms with Gasteiger partial charge in [0.05, 0.1) is 23.2 Å². The molecule has 1 saturated heterocycles. The van der Waals surface area contributed by atoms with E-state index in [1.807, 2.05) is 31.2 Å². The van der Waals surface area contributed by atoms with Gasteiger partial charge in [0.1, 0.15) is 12.4 Å². The second-order valence-electron chi connectivity index (χ2n) is 7.35. The summed E-state index contributed by atoms with van der Waals surface area (Å²) < 4.78 is 38.3. The van der Waals surface area contributed by atoms with Crippen LogP contribution in [0.15, 0.2) is 53.5 Å². The number of amides is 1. The van der Waals surface area contributed by atoms with Gasteiger partial charge in [0.2, 0.25) is 5.91 Å². The number of hydrogen-bond acceptors (Lipinski definition) is 6. The number of aryl methyl sites for hydroxylation is 1. The van der Waals surface area contributed by atoms with Gasteiger partial charge in [0.25, 0.3) is 0 Å². The molecule has 0 radical (unpaired) electrons. The molecular formula is C21H22FN3O3S2. The lowest BCUT2D eigenvalue weighted by molar-refractivity contribution is -0.114. The smallest absolute Gasteiger partial charge is 0.244 e. The molecule has 0 aliphatic carbocycles. The van der Waals surface area contributed by atoms with Gasteiger partial charge >= 0.3 is 0 Å². The topological polar surface area (TPSA) is 78.8 Å². The second-order valence-corrected chi connectivity index (χ2v) is 10.7. The highest BCUT2D eigenvalue weighted by Gasteiger charge is 2.44. The Morgan fingerprint density at radius 1 is 1.23 bits per heavy atom. The van der Waals surface area contributed by atoms with E-state index in [2.05, 4.69) is 10.3 Å². The van der Waals surface area contributed by atoms with Crippen LogP contribution < -0.4 is 10.2 Å². The third-order valence-corrected chi connectivity index (χ3v) is 8.35. The minimum absolute atomic E-state index is 0.00468. The van der Waals surface area contributed by atoms with E-state index >= 15 is 0 Å². The Hall–Kier alpha value is -2.39. The van der Waals surface area contributed by atoms with Crippen molar-refractivity contribution in [2.75, 3.05) is 28.3 Å². The fraction of sp³-hybridized carbons (Fsp3) is 0.333. The van der Waals surface area contributed by atoms with E-state index in [9.17, 15) is 17.6 Å². The predicted octanol–water partition coefficient (Wildman–Crippen LogP) is 3.10. The van der Waals surface area contributed by atoms with Crippen molar-refractivity contribution < 1.29 is 17.6 Å². The van der Waals surface area contributed by atoms with Crippen LogP contribution in [-0.2, 0) is 21.1 Å². The van der Waals surface area contributed by atoms with Crippen molar-refractivity contribution >= 4 is 44.0 Å². The number of carbonyl (C=O) groups is 1. The van der Waals surface area contributed by atoms with Gasteiger partial charge in [0.15, 0.2) is 15.0 Å². The zero-order valence-electron chi connectivity index (χ0n) is 16.4. The van der Waals surface area contributed by atoms with Gasteiger partial charge in [-0.1, -0.05) is 43.0 Å². The first-order chi connectivity index (χ1) is 14.3. The van der Waals surface area contributed by atoms with Crippen molar-refractivity contribution in [1.29, 1.82) is 0 Å². The molecule has 6 nitrogen and oxygen atoms in total. The monoisotopic (exact) mass is 447 g/mol. The summed E-state index contributed by atoms with van der Waals surface area (Å²) in [5.74, 6) is -0.725. The maximum Gasteiger partial charge on any atom is 0.244 e. The number of fused-ring (bicyclic) bond motifs is 1. The molecule has 30 heavy (non-hydrogen) atoms. The standard InChI is InChI=1S/C21H22FN3O3S2/c1-2-14-6-5-7-15(10-14)23-20(26)11-25(18-9-4-3-8-16(18)22)21-24-17-12-30(27,28)13-19(17)29-21/h3-10,17,19H,2,11-13H2,1H3,(H,23,26)/t17-,19+/m0/s1. The van der Waals surface area contributed by atoms with Crippen molar-refractivity contribution in [2.45, 2.75) is 24.6 Å². The van der Waals surface area contributed by atoms with E-state index in [0.29, 0.717) is 10.9 Å². The average molecular weight is 448 g/mol. The van der Waals surface area contributed by atoms with E-state index in [-0.39, 0.29) is 40.9 Å². The number of aliphatic imine (C=N–C) groups is 1. The Labute approximate surface area is 179 Å². The Balaban J connectivity index is 1.57. The first-order valence-corrected chi connectivity index (χ1v) is 12.4. The number of sulfone groups is 1. The largest absolute Gasteiger partial charge is 0.325 e. The summed E-state index contributed by atoms with van der Waals surface area (Å²) in [5.41, 5.74) is 2.02. The Bertz CT molecular complexity index is 1100. The molecule has 0 aromatic heterocycles. The number of nitrogens with one attached hydrogen (secondary N) is 1. The molecule has 1 amide bonds. The summed E-state index contributed by atoms with van der Waals surface area (Å²) in [7, 11) is -3.10. The molecule has 2 aromatic carbocycles. The number of halogens is 1. The molecule has 158 valence electrons. The van der Waals surface area contributed by atoms with Crippen LogP contribution in [0.25, 0.3) is 0 Å². The van der Waals surface area contributed by atoms with E-state index in [0.717, 1.165) is 12.0 Å². The van der Waals surface area contributed by atoms with Crippen molar-refractivity contribution in [1.82, 2.24) is 0 Å². The van der Waals surface area contributed by atoms with Crippen LogP contribution in [0.3, 0.4) is 0 Å². The lowest BCUT2D eigenvalue weighted by atomic mass is 10.1. The average Bonchev–Trinajstić information content (AvgIpc) is 3.20. The summed E-state index contributed by atoms with van der Waals surface area (Å²) in [5, 5.41) is 3.14. The van der Waals surface area contributed by atoms with Gasteiger partial charge in [0, 0.05) is 10.9 Å². The first kappa shape index (κ1) is 20.9. The number of amidine groups is 1. The maximum atomic E-state index is 14.5. The van der Waals surface area contributed by atoms with Crippen molar-refractivity contribution in [3.05, 3.63) is 59.9 Å². The highest BCUT2D eigenvalue weighted by Crippen LogP contribution is 2.37. The van der Waals surface area contributed by atoms with Gasteiger partial charge in [-0.05, 0) is 36.2 Å². The highest BCUT2D eigenvalue weighted by atomic mass is 32.2. The summed E-state index contributed by atoms with van der Waals surface area (Å²) in [6, 6.07) is 13.4. The van der Waals surface area contributed by atoms with Crippen LogP contribution in [0.2, 0.25) is 0 Å². The minimum Gasteiger partial charge on any atom is -0.325 e.